The largest absolute Gasteiger partial charge is 0.480 e. The molecule has 1 amide bonds. The topological polar surface area (TPSA) is 77.8 Å². The van der Waals surface area contributed by atoms with Crippen LogP contribution in [-0.4, -0.2) is 39.8 Å². The second-order valence-electron chi connectivity index (χ2n) is 3.74. The lowest BCUT2D eigenvalue weighted by atomic mass is 9.83. The van der Waals surface area contributed by atoms with Crippen molar-refractivity contribution in [1.29, 1.82) is 0 Å². The Bertz CT molecular complexity index is 417. The van der Waals surface area contributed by atoms with Gasteiger partial charge in [-0.3, -0.25) is 4.90 Å². The van der Waals surface area contributed by atoms with Crippen LogP contribution in [-0.2, 0) is 4.79 Å². The van der Waals surface area contributed by atoms with Crippen LogP contribution in [0.3, 0.4) is 0 Å². The molecule has 5 heteroatoms. The van der Waals surface area contributed by atoms with E-state index in [0.717, 1.165) is 10.5 Å². The number of amides is 1. The summed E-state index contributed by atoms with van der Waals surface area (Å²) in [6, 6.07) is 8.15. The summed E-state index contributed by atoms with van der Waals surface area (Å²) in [7, 11) is 0. The first-order valence-corrected chi connectivity index (χ1v) is 4.88. The van der Waals surface area contributed by atoms with Gasteiger partial charge in [-0.15, -0.1) is 0 Å². The lowest BCUT2D eigenvalue weighted by Crippen LogP contribution is -2.60. The Labute approximate surface area is 91.9 Å². The lowest BCUT2D eigenvalue weighted by molar-refractivity contribution is -0.148. The number of rotatable bonds is 2. The van der Waals surface area contributed by atoms with Gasteiger partial charge >= 0.3 is 12.1 Å². The molecular formula is C11H11NO4. The Kier molecular flexibility index (Phi) is 2.52. The Morgan fingerprint density at radius 3 is 2.31 bits per heavy atom. The molecule has 2 atom stereocenters. The quantitative estimate of drug-likeness (QED) is 0.787. The van der Waals surface area contributed by atoms with Gasteiger partial charge in [-0.2, -0.15) is 0 Å². The van der Waals surface area contributed by atoms with Gasteiger partial charge in [0.25, 0.3) is 0 Å². The van der Waals surface area contributed by atoms with Crippen LogP contribution in [0.5, 0.6) is 0 Å². The highest BCUT2D eigenvalue weighted by atomic mass is 16.4. The third kappa shape index (κ3) is 1.60. The van der Waals surface area contributed by atoms with Crippen molar-refractivity contribution in [3.63, 3.8) is 0 Å². The van der Waals surface area contributed by atoms with Gasteiger partial charge in [-0.1, -0.05) is 30.3 Å². The van der Waals surface area contributed by atoms with Gasteiger partial charge in [-0.05, 0) is 5.56 Å². The summed E-state index contributed by atoms with van der Waals surface area (Å²) in [6.45, 7) is 0.246. The minimum Gasteiger partial charge on any atom is -0.480 e. The molecule has 1 aliphatic rings. The fraction of sp³-hybridized carbons (Fsp3) is 0.273. The number of carboxylic acid groups (broad SMARTS) is 2. The van der Waals surface area contributed by atoms with Gasteiger partial charge in [0.2, 0.25) is 0 Å². The van der Waals surface area contributed by atoms with E-state index in [9.17, 15) is 9.59 Å². The third-order valence-electron chi connectivity index (χ3n) is 2.84. The summed E-state index contributed by atoms with van der Waals surface area (Å²) in [4.78, 5) is 22.7. The maximum absolute atomic E-state index is 11.0. The standard InChI is InChI=1S/C11H11NO4/c13-10(14)9-8(6-12(9)11(15)16)7-4-2-1-3-5-7/h1-5,8-9H,6H2,(H,13,14)(H,15,16). The zero-order chi connectivity index (χ0) is 11.7. The number of carboxylic acids is 1. The molecular weight excluding hydrogens is 210 g/mol. The molecule has 2 rings (SSSR count). The highest BCUT2D eigenvalue weighted by Crippen LogP contribution is 2.34. The van der Waals surface area contributed by atoms with Crippen molar-refractivity contribution < 1.29 is 19.8 Å². The Balaban J connectivity index is 2.20. The number of benzene rings is 1. The smallest absolute Gasteiger partial charge is 0.408 e. The summed E-state index contributed by atoms with van der Waals surface area (Å²) >= 11 is 0. The molecule has 2 N–H and O–H groups in total. The highest BCUT2D eigenvalue weighted by molar-refractivity contribution is 5.83. The number of carbonyl (C=O) groups is 2. The summed E-state index contributed by atoms with van der Waals surface area (Å²) < 4.78 is 0. The average Bonchev–Trinajstić information content (AvgIpc) is 2.16. The second kappa shape index (κ2) is 3.84. The Morgan fingerprint density at radius 1 is 1.19 bits per heavy atom. The van der Waals surface area contributed by atoms with E-state index in [1.807, 2.05) is 30.3 Å². The molecule has 0 aliphatic carbocycles. The number of hydrogen-bond acceptors (Lipinski definition) is 2. The van der Waals surface area contributed by atoms with Crippen molar-refractivity contribution in [2.45, 2.75) is 12.0 Å². The number of likely N-dealkylation sites (tertiary alicyclic amines) is 1. The second-order valence-corrected chi connectivity index (χ2v) is 3.74. The molecule has 5 nitrogen and oxygen atoms in total. The first kappa shape index (κ1) is 10.5. The third-order valence-corrected chi connectivity index (χ3v) is 2.84. The van der Waals surface area contributed by atoms with Crippen molar-refractivity contribution in [3.05, 3.63) is 35.9 Å². The molecule has 1 heterocycles. The van der Waals surface area contributed by atoms with Gasteiger partial charge in [0, 0.05) is 12.5 Å². The van der Waals surface area contributed by atoms with E-state index in [4.69, 9.17) is 10.2 Å². The predicted molar refractivity (Wildman–Crippen MR) is 55.3 cm³/mol. The van der Waals surface area contributed by atoms with E-state index >= 15 is 0 Å². The van der Waals surface area contributed by atoms with Gasteiger partial charge < -0.3 is 10.2 Å². The first-order valence-electron chi connectivity index (χ1n) is 4.88. The molecule has 1 saturated heterocycles. The molecule has 0 saturated carbocycles. The number of hydrogen-bond donors (Lipinski definition) is 2. The van der Waals surface area contributed by atoms with Gasteiger partial charge in [0.15, 0.2) is 0 Å². The van der Waals surface area contributed by atoms with Gasteiger partial charge in [0.05, 0.1) is 0 Å². The molecule has 1 fully saturated rings. The van der Waals surface area contributed by atoms with E-state index in [1.165, 1.54) is 0 Å². The van der Waals surface area contributed by atoms with Crippen LogP contribution < -0.4 is 0 Å². The SMILES string of the molecule is O=C(O)C1C(c2ccccc2)CN1C(=O)O. The fourth-order valence-corrected chi connectivity index (χ4v) is 1.99. The van der Waals surface area contributed by atoms with Crippen LogP contribution in [0.25, 0.3) is 0 Å². The maximum atomic E-state index is 11.0. The highest BCUT2D eigenvalue weighted by Gasteiger charge is 2.47. The van der Waals surface area contributed by atoms with Crippen molar-refractivity contribution in [3.8, 4) is 0 Å². The number of aliphatic carboxylic acids is 1. The molecule has 0 aromatic heterocycles. The summed E-state index contributed by atoms with van der Waals surface area (Å²) in [5.74, 6) is -1.34. The average molecular weight is 221 g/mol. The van der Waals surface area contributed by atoms with E-state index < -0.39 is 18.1 Å². The molecule has 1 aromatic carbocycles. The molecule has 84 valence electrons. The summed E-state index contributed by atoms with van der Waals surface area (Å²) in [6.07, 6.45) is -1.18. The van der Waals surface area contributed by atoms with E-state index in [2.05, 4.69) is 0 Å². The normalized spacial score (nSPS) is 23.6. The van der Waals surface area contributed by atoms with Crippen LogP contribution in [0, 0.1) is 0 Å². The van der Waals surface area contributed by atoms with Crippen LogP contribution >= 0.6 is 0 Å². The van der Waals surface area contributed by atoms with Gasteiger partial charge in [-0.25, -0.2) is 9.59 Å². The molecule has 16 heavy (non-hydrogen) atoms. The van der Waals surface area contributed by atoms with Crippen molar-refractivity contribution in [1.82, 2.24) is 4.90 Å². The summed E-state index contributed by atoms with van der Waals surface area (Å²) in [5.41, 5.74) is 0.868. The van der Waals surface area contributed by atoms with E-state index in [1.54, 1.807) is 0 Å². The first-order chi connectivity index (χ1) is 7.61. The molecule has 2 unspecified atom stereocenters. The van der Waals surface area contributed by atoms with Crippen LogP contribution in [0.2, 0.25) is 0 Å². The minimum atomic E-state index is -1.18. The molecule has 0 spiro atoms. The zero-order valence-electron chi connectivity index (χ0n) is 8.41. The van der Waals surface area contributed by atoms with E-state index in [0.29, 0.717) is 0 Å². The fourth-order valence-electron chi connectivity index (χ4n) is 1.99. The van der Waals surface area contributed by atoms with Crippen LogP contribution in [0.15, 0.2) is 30.3 Å². The van der Waals surface area contributed by atoms with Crippen LogP contribution in [0.4, 0.5) is 4.79 Å². The van der Waals surface area contributed by atoms with Crippen molar-refractivity contribution >= 4 is 12.1 Å². The molecule has 1 aliphatic heterocycles. The zero-order valence-corrected chi connectivity index (χ0v) is 8.41. The van der Waals surface area contributed by atoms with Crippen LogP contribution in [0.1, 0.15) is 11.5 Å². The van der Waals surface area contributed by atoms with E-state index in [-0.39, 0.29) is 12.5 Å². The van der Waals surface area contributed by atoms with Gasteiger partial charge in [0.1, 0.15) is 6.04 Å². The Hall–Kier alpha value is -2.04. The van der Waals surface area contributed by atoms with Crippen molar-refractivity contribution in [2.75, 3.05) is 6.54 Å². The van der Waals surface area contributed by atoms with Crippen molar-refractivity contribution in [2.24, 2.45) is 0 Å². The maximum Gasteiger partial charge on any atom is 0.408 e. The molecule has 0 radical (unpaired) electrons. The predicted octanol–water partition coefficient (Wildman–Crippen LogP) is 1.22. The molecule has 1 aromatic rings. The monoisotopic (exact) mass is 221 g/mol. The Morgan fingerprint density at radius 2 is 1.81 bits per heavy atom. The molecule has 0 bridgehead atoms. The minimum absolute atomic E-state index is 0.241. The summed E-state index contributed by atoms with van der Waals surface area (Å²) in [5, 5.41) is 17.8. The lowest BCUT2D eigenvalue weighted by Gasteiger charge is -2.43. The number of nitrogens with zero attached hydrogens (tertiary/aromatic N) is 1.